The second-order valence-electron chi connectivity index (χ2n) is 9.19. The van der Waals surface area contributed by atoms with E-state index in [0.717, 1.165) is 0 Å². The molecule has 11 nitrogen and oxygen atoms in total. The van der Waals surface area contributed by atoms with Gasteiger partial charge in [-0.3, -0.25) is 14.3 Å². The molecular weight excluding hydrogens is 527 g/mol. The lowest BCUT2D eigenvalue weighted by Crippen LogP contribution is -2.32. The zero-order chi connectivity index (χ0) is 28.2. The number of anilines is 3. The molecular formula is C26H25FN6O5S. The highest BCUT2D eigenvalue weighted by molar-refractivity contribution is 7.92. The van der Waals surface area contributed by atoms with Crippen LogP contribution in [0.15, 0.2) is 76.1 Å². The Bertz CT molecular complexity index is 1620. The molecule has 0 aliphatic heterocycles. The fourth-order valence-electron chi connectivity index (χ4n) is 3.27. The summed E-state index contributed by atoms with van der Waals surface area (Å²) in [6.45, 7) is 3.47. The summed E-state index contributed by atoms with van der Waals surface area (Å²) in [7, 11) is -3.97. The van der Waals surface area contributed by atoms with Gasteiger partial charge in [-0.15, -0.1) is 0 Å². The molecule has 0 unspecified atom stereocenters. The van der Waals surface area contributed by atoms with E-state index in [2.05, 4.69) is 30.5 Å². The van der Waals surface area contributed by atoms with Gasteiger partial charge in [0.05, 0.1) is 16.0 Å². The van der Waals surface area contributed by atoms with E-state index < -0.39 is 28.0 Å². The first-order valence-corrected chi connectivity index (χ1v) is 13.1. The van der Waals surface area contributed by atoms with Gasteiger partial charge in [0.25, 0.3) is 15.9 Å². The Morgan fingerprint density at radius 3 is 2.33 bits per heavy atom. The standard InChI is InChI=1S/C26H25FN6O5S/c1-16(34)28-22-9-5-8-21(30-22)24-31-23(32-38-24)17-10-12-20(13-11-17)39(36,37)33-19-7-4-6-18(14-19)29-25(35)26(2,3)15-27/h4-14,33H,15H2,1-3H3,(H,29,35)(H,28,30,34). The van der Waals surface area contributed by atoms with Crippen LogP contribution in [0.2, 0.25) is 0 Å². The van der Waals surface area contributed by atoms with E-state index in [-0.39, 0.29) is 28.2 Å². The number of sulfonamides is 1. The Labute approximate surface area is 223 Å². The smallest absolute Gasteiger partial charge is 0.276 e. The van der Waals surface area contributed by atoms with Gasteiger partial charge < -0.3 is 15.2 Å². The van der Waals surface area contributed by atoms with E-state index in [4.69, 9.17) is 4.52 Å². The molecule has 0 saturated carbocycles. The summed E-state index contributed by atoms with van der Waals surface area (Å²) < 4.78 is 46.8. The highest BCUT2D eigenvalue weighted by atomic mass is 32.2. The molecule has 2 heterocycles. The monoisotopic (exact) mass is 552 g/mol. The van der Waals surface area contributed by atoms with Crippen LogP contribution in [0.25, 0.3) is 23.0 Å². The lowest BCUT2D eigenvalue weighted by atomic mass is 9.94. The minimum Gasteiger partial charge on any atom is -0.332 e. The third-order valence-corrected chi connectivity index (χ3v) is 6.84. The highest BCUT2D eigenvalue weighted by Gasteiger charge is 2.27. The molecule has 39 heavy (non-hydrogen) atoms. The van der Waals surface area contributed by atoms with Crippen LogP contribution >= 0.6 is 0 Å². The number of carbonyl (C=O) groups excluding carboxylic acids is 2. The van der Waals surface area contributed by atoms with E-state index in [0.29, 0.717) is 22.8 Å². The second kappa shape index (κ2) is 11.0. The Hall–Kier alpha value is -4.65. The first-order chi connectivity index (χ1) is 18.5. The van der Waals surface area contributed by atoms with Crippen molar-refractivity contribution in [3.63, 3.8) is 0 Å². The molecule has 4 aromatic rings. The molecule has 3 N–H and O–H groups in total. The van der Waals surface area contributed by atoms with Crippen LogP contribution < -0.4 is 15.4 Å². The van der Waals surface area contributed by atoms with Crippen LogP contribution in [-0.2, 0) is 19.6 Å². The van der Waals surface area contributed by atoms with Gasteiger partial charge in [0.15, 0.2) is 0 Å². The number of benzene rings is 2. The van der Waals surface area contributed by atoms with Crippen molar-refractivity contribution in [2.24, 2.45) is 5.41 Å². The van der Waals surface area contributed by atoms with E-state index in [1.165, 1.54) is 57.2 Å². The predicted molar refractivity (Wildman–Crippen MR) is 143 cm³/mol. The van der Waals surface area contributed by atoms with E-state index >= 15 is 0 Å². The molecule has 0 saturated heterocycles. The molecule has 0 spiro atoms. The van der Waals surface area contributed by atoms with Crippen molar-refractivity contribution in [3.8, 4) is 23.0 Å². The van der Waals surface area contributed by atoms with Crippen molar-refractivity contribution in [3.05, 3.63) is 66.7 Å². The third-order valence-electron chi connectivity index (χ3n) is 5.44. The molecule has 0 bridgehead atoms. The predicted octanol–water partition coefficient (Wildman–Crippen LogP) is 4.49. The fourth-order valence-corrected chi connectivity index (χ4v) is 4.32. The molecule has 13 heteroatoms. The molecule has 2 aromatic heterocycles. The zero-order valence-electron chi connectivity index (χ0n) is 21.2. The first-order valence-electron chi connectivity index (χ1n) is 11.7. The Morgan fingerprint density at radius 1 is 0.949 bits per heavy atom. The van der Waals surface area contributed by atoms with E-state index in [1.54, 1.807) is 30.3 Å². The first kappa shape index (κ1) is 27.4. The highest BCUT2D eigenvalue weighted by Crippen LogP contribution is 2.25. The van der Waals surface area contributed by atoms with Crippen LogP contribution in [-0.4, -0.2) is 42.0 Å². The number of halogens is 1. The summed E-state index contributed by atoms with van der Waals surface area (Å²) in [5.41, 5.74) is 0.176. The minimum atomic E-state index is -3.97. The van der Waals surface area contributed by atoms with Gasteiger partial charge in [-0.05, 0) is 68.4 Å². The number of carbonyl (C=O) groups is 2. The minimum absolute atomic E-state index is 0.0207. The van der Waals surface area contributed by atoms with Crippen LogP contribution in [0, 0.1) is 5.41 Å². The van der Waals surface area contributed by atoms with Gasteiger partial charge in [-0.1, -0.05) is 17.3 Å². The number of pyridine rings is 1. The van der Waals surface area contributed by atoms with Gasteiger partial charge in [0.1, 0.15) is 18.2 Å². The second-order valence-corrected chi connectivity index (χ2v) is 10.9. The maximum atomic E-state index is 13.1. The molecule has 2 amide bonds. The number of hydrogen-bond acceptors (Lipinski definition) is 8. The van der Waals surface area contributed by atoms with Gasteiger partial charge in [-0.25, -0.2) is 17.8 Å². The molecule has 0 fully saturated rings. The molecule has 4 rings (SSSR count). The molecule has 0 aliphatic carbocycles. The maximum Gasteiger partial charge on any atom is 0.276 e. The lowest BCUT2D eigenvalue weighted by Gasteiger charge is -2.19. The molecule has 0 radical (unpaired) electrons. The van der Waals surface area contributed by atoms with Crippen LogP contribution in [0.4, 0.5) is 21.6 Å². The van der Waals surface area contributed by atoms with E-state index in [1.807, 2.05) is 0 Å². The van der Waals surface area contributed by atoms with Crippen molar-refractivity contribution in [1.82, 2.24) is 15.1 Å². The third kappa shape index (κ3) is 6.62. The Morgan fingerprint density at radius 2 is 1.64 bits per heavy atom. The molecule has 202 valence electrons. The lowest BCUT2D eigenvalue weighted by molar-refractivity contribution is -0.124. The Balaban J connectivity index is 1.48. The summed E-state index contributed by atoms with van der Waals surface area (Å²) in [4.78, 5) is 32.1. The normalized spacial score (nSPS) is 11.6. The average Bonchev–Trinajstić information content (AvgIpc) is 3.39. The summed E-state index contributed by atoms with van der Waals surface area (Å²) in [5, 5.41) is 9.10. The Kier molecular flexibility index (Phi) is 7.72. The summed E-state index contributed by atoms with van der Waals surface area (Å²) in [6, 6.07) is 16.9. The summed E-state index contributed by atoms with van der Waals surface area (Å²) in [6.07, 6.45) is 0. The number of nitrogens with zero attached hydrogens (tertiary/aromatic N) is 3. The SMILES string of the molecule is CC(=O)Nc1cccc(-c2nc(-c3ccc(S(=O)(=O)Nc4cccc(NC(=O)C(C)(C)CF)c4)cc3)no2)n1. The van der Waals surface area contributed by atoms with Crippen LogP contribution in [0.5, 0.6) is 0 Å². The van der Waals surface area contributed by atoms with Gasteiger partial charge in [-0.2, -0.15) is 4.98 Å². The molecule has 0 aliphatic rings. The average molecular weight is 553 g/mol. The van der Waals surface area contributed by atoms with E-state index in [9.17, 15) is 22.4 Å². The fraction of sp³-hybridized carbons (Fsp3) is 0.192. The number of alkyl halides is 1. The van der Waals surface area contributed by atoms with Gasteiger partial charge >= 0.3 is 0 Å². The van der Waals surface area contributed by atoms with Crippen molar-refractivity contribution >= 4 is 39.0 Å². The van der Waals surface area contributed by atoms with Crippen molar-refractivity contribution in [2.45, 2.75) is 25.7 Å². The van der Waals surface area contributed by atoms with Crippen LogP contribution in [0.3, 0.4) is 0 Å². The van der Waals surface area contributed by atoms with Crippen molar-refractivity contribution in [1.29, 1.82) is 0 Å². The summed E-state index contributed by atoms with van der Waals surface area (Å²) >= 11 is 0. The van der Waals surface area contributed by atoms with Crippen molar-refractivity contribution in [2.75, 3.05) is 22.0 Å². The molecule has 0 atom stereocenters. The number of nitrogens with one attached hydrogen (secondary N) is 3. The number of hydrogen-bond donors (Lipinski definition) is 3. The number of amides is 2. The molecule has 2 aromatic carbocycles. The van der Waals surface area contributed by atoms with Crippen LogP contribution in [0.1, 0.15) is 20.8 Å². The van der Waals surface area contributed by atoms with Gasteiger partial charge in [0.2, 0.25) is 17.6 Å². The maximum absolute atomic E-state index is 13.1. The van der Waals surface area contributed by atoms with Crippen molar-refractivity contribution < 1.29 is 26.9 Å². The zero-order valence-corrected chi connectivity index (χ0v) is 22.0. The quantitative estimate of drug-likeness (QED) is 0.274. The van der Waals surface area contributed by atoms with Gasteiger partial charge in [0, 0.05) is 18.2 Å². The summed E-state index contributed by atoms with van der Waals surface area (Å²) in [5.74, 6) is -0.127. The number of aromatic nitrogens is 3. The topological polar surface area (TPSA) is 156 Å². The number of rotatable bonds is 9. The largest absolute Gasteiger partial charge is 0.332 e.